The van der Waals surface area contributed by atoms with Gasteiger partial charge in [-0.3, -0.25) is 9.18 Å². The molecule has 3 heteroatoms. The van der Waals surface area contributed by atoms with E-state index < -0.39 is 0 Å². The molecule has 1 rings (SSSR count). The van der Waals surface area contributed by atoms with Crippen LogP contribution in [-0.4, -0.2) is 25.7 Å². The maximum Gasteiger partial charge on any atom is 0.159 e. The SMILES string of the molecule is CC.CC(=O)c1ccc(CCF)cc1.CCCCOCCC. The average Bonchev–Trinajstić information content (AvgIpc) is 2.55. The molecule has 1 aromatic carbocycles. The fourth-order valence-electron chi connectivity index (χ4n) is 1.51. The molecule has 0 fully saturated rings. The van der Waals surface area contributed by atoms with Crippen molar-refractivity contribution in [1.82, 2.24) is 0 Å². The summed E-state index contributed by atoms with van der Waals surface area (Å²) in [4.78, 5) is 10.8. The Bertz CT molecular complexity index is 341. The number of benzene rings is 1. The minimum absolute atomic E-state index is 0.0433. The van der Waals surface area contributed by atoms with Crippen LogP contribution in [0, 0.1) is 0 Å². The topological polar surface area (TPSA) is 26.3 Å². The molecule has 1 aromatic rings. The minimum Gasteiger partial charge on any atom is -0.381 e. The van der Waals surface area contributed by atoms with E-state index in [4.69, 9.17) is 4.74 Å². The summed E-state index contributed by atoms with van der Waals surface area (Å²) in [7, 11) is 0. The maximum atomic E-state index is 11.9. The number of rotatable bonds is 8. The molecule has 128 valence electrons. The minimum atomic E-state index is -0.348. The van der Waals surface area contributed by atoms with Crippen molar-refractivity contribution in [1.29, 1.82) is 0 Å². The van der Waals surface area contributed by atoms with E-state index in [9.17, 15) is 9.18 Å². The van der Waals surface area contributed by atoms with Gasteiger partial charge in [0.2, 0.25) is 0 Å². The van der Waals surface area contributed by atoms with E-state index in [-0.39, 0.29) is 12.5 Å². The van der Waals surface area contributed by atoms with Crippen molar-refractivity contribution in [3.8, 4) is 0 Å². The number of unbranched alkanes of at least 4 members (excludes halogenated alkanes) is 1. The molecule has 22 heavy (non-hydrogen) atoms. The molecule has 0 heterocycles. The molecule has 0 unspecified atom stereocenters. The fourth-order valence-corrected chi connectivity index (χ4v) is 1.51. The Morgan fingerprint density at radius 2 is 1.64 bits per heavy atom. The van der Waals surface area contributed by atoms with Gasteiger partial charge in [0, 0.05) is 25.2 Å². The maximum absolute atomic E-state index is 11.9. The summed E-state index contributed by atoms with van der Waals surface area (Å²) in [6.45, 7) is 11.4. The lowest BCUT2D eigenvalue weighted by Gasteiger charge is -1.98. The monoisotopic (exact) mass is 312 g/mol. The largest absolute Gasteiger partial charge is 0.381 e. The fraction of sp³-hybridized carbons (Fsp3) is 0.632. The zero-order valence-corrected chi connectivity index (χ0v) is 15.0. The number of ketones is 1. The normalized spacial score (nSPS) is 9.18. The molecule has 0 aromatic heterocycles. The predicted molar refractivity (Wildman–Crippen MR) is 93.5 cm³/mol. The van der Waals surface area contributed by atoms with E-state index in [1.807, 2.05) is 13.8 Å². The summed E-state index contributed by atoms with van der Waals surface area (Å²) in [5.74, 6) is 0.0433. The average molecular weight is 312 g/mol. The van der Waals surface area contributed by atoms with Gasteiger partial charge in [-0.15, -0.1) is 0 Å². The first-order chi connectivity index (χ1) is 10.7. The molecule has 0 N–H and O–H groups in total. The van der Waals surface area contributed by atoms with E-state index in [2.05, 4.69) is 13.8 Å². The molecule has 0 aliphatic carbocycles. The van der Waals surface area contributed by atoms with Gasteiger partial charge in [0.1, 0.15) is 0 Å². The van der Waals surface area contributed by atoms with Crippen LogP contribution in [0.2, 0.25) is 0 Å². The molecule has 2 nitrogen and oxygen atoms in total. The quantitative estimate of drug-likeness (QED) is 0.458. The first-order valence-corrected chi connectivity index (χ1v) is 8.39. The number of alkyl halides is 1. The van der Waals surface area contributed by atoms with Gasteiger partial charge in [-0.25, -0.2) is 0 Å². The van der Waals surface area contributed by atoms with E-state index in [1.165, 1.54) is 19.8 Å². The summed E-state index contributed by atoms with van der Waals surface area (Å²) < 4.78 is 17.1. The first kappa shape index (κ1) is 23.1. The lowest BCUT2D eigenvalue weighted by Crippen LogP contribution is -1.93. The highest BCUT2D eigenvalue weighted by atomic mass is 19.1. The summed E-state index contributed by atoms with van der Waals surface area (Å²) in [5, 5.41) is 0. The van der Waals surface area contributed by atoms with Gasteiger partial charge < -0.3 is 4.74 Å². The van der Waals surface area contributed by atoms with E-state index in [0.29, 0.717) is 12.0 Å². The number of hydrogen-bond donors (Lipinski definition) is 0. The smallest absolute Gasteiger partial charge is 0.159 e. The van der Waals surface area contributed by atoms with Crippen LogP contribution in [-0.2, 0) is 11.2 Å². The third-order valence-electron chi connectivity index (χ3n) is 2.73. The number of Topliss-reactive ketones (excluding diaryl/α,β-unsaturated/α-hetero) is 1. The molecule has 0 aliphatic heterocycles. The van der Waals surface area contributed by atoms with Crippen LogP contribution in [0.5, 0.6) is 0 Å². The molecule has 0 radical (unpaired) electrons. The van der Waals surface area contributed by atoms with Crippen LogP contribution < -0.4 is 0 Å². The van der Waals surface area contributed by atoms with Crippen molar-refractivity contribution in [3.05, 3.63) is 35.4 Å². The molecule has 0 spiro atoms. The number of hydrogen-bond acceptors (Lipinski definition) is 2. The summed E-state index contributed by atoms with van der Waals surface area (Å²) >= 11 is 0. The standard InChI is InChI=1S/C10H11FO.C7H16O.C2H6/c1-8(12)10-4-2-9(3-5-10)6-7-11;1-3-5-7-8-6-4-2;1-2/h2-5H,6-7H2,1H3;3-7H2,1-2H3;1-2H3. The third kappa shape index (κ3) is 13.7. The van der Waals surface area contributed by atoms with Crippen molar-refractivity contribution >= 4 is 5.78 Å². The Morgan fingerprint density at radius 3 is 2.05 bits per heavy atom. The van der Waals surface area contributed by atoms with Crippen molar-refractivity contribution in [3.63, 3.8) is 0 Å². The molecule has 0 saturated carbocycles. The number of ether oxygens (including phenoxy) is 1. The second-order valence-electron chi connectivity index (χ2n) is 4.66. The number of aryl methyl sites for hydroxylation is 1. The van der Waals surface area contributed by atoms with Crippen LogP contribution in [0.3, 0.4) is 0 Å². The molecule has 0 amide bonds. The van der Waals surface area contributed by atoms with Crippen LogP contribution >= 0.6 is 0 Å². The van der Waals surface area contributed by atoms with Crippen LogP contribution in [0.25, 0.3) is 0 Å². The summed E-state index contributed by atoms with van der Waals surface area (Å²) in [6.07, 6.45) is 4.02. The second kappa shape index (κ2) is 17.8. The van der Waals surface area contributed by atoms with Crippen LogP contribution in [0.15, 0.2) is 24.3 Å². The zero-order chi connectivity index (χ0) is 17.2. The molecule has 0 atom stereocenters. The molecular weight excluding hydrogens is 279 g/mol. The molecular formula is C19H33FO2. The molecule has 0 aliphatic rings. The van der Waals surface area contributed by atoms with Crippen molar-refractivity contribution in [2.45, 2.75) is 60.3 Å². The van der Waals surface area contributed by atoms with Crippen molar-refractivity contribution in [2.24, 2.45) is 0 Å². The van der Waals surface area contributed by atoms with Gasteiger partial charge in [-0.05, 0) is 25.3 Å². The predicted octanol–water partition coefficient (Wildman–Crippen LogP) is 5.64. The zero-order valence-electron chi connectivity index (χ0n) is 15.0. The van der Waals surface area contributed by atoms with E-state index >= 15 is 0 Å². The number of carbonyl (C=O) groups is 1. The van der Waals surface area contributed by atoms with Crippen LogP contribution in [0.4, 0.5) is 4.39 Å². The highest BCUT2D eigenvalue weighted by Gasteiger charge is 1.97. The Labute approximate surface area is 136 Å². The van der Waals surface area contributed by atoms with E-state index in [1.54, 1.807) is 24.3 Å². The molecule has 0 bridgehead atoms. The van der Waals surface area contributed by atoms with Gasteiger partial charge in [-0.2, -0.15) is 0 Å². The Balaban J connectivity index is 0. The van der Waals surface area contributed by atoms with Gasteiger partial charge in [0.25, 0.3) is 0 Å². The summed E-state index contributed by atoms with van der Waals surface area (Å²) in [5.41, 5.74) is 1.61. The van der Waals surface area contributed by atoms with Crippen molar-refractivity contribution in [2.75, 3.05) is 19.9 Å². The highest BCUT2D eigenvalue weighted by molar-refractivity contribution is 5.93. The number of carbonyl (C=O) groups excluding carboxylic acids is 1. The van der Waals surface area contributed by atoms with Gasteiger partial charge in [0.15, 0.2) is 5.78 Å². The first-order valence-electron chi connectivity index (χ1n) is 8.39. The van der Waals surface area contributed by atoms with Gasteiger partial charge >= 0.3 is 0 Å². The van der Waals surface area contributed by atoms with Gasteiger partial charge in [0.05, 0.1) is 6.67 Å². The van der Waals surface area contributed by atoms with E-state index in [0.717, 1.165) is 25.2 Å². The Kier molecular flexibility index (Phi) is 18.7. The van der Waals surface area contributed by atoms with Crippen molar-refractivity contribution < 1.29 is 13.9 Å². The molecule has 0 saturated heterocycles. The Morgan fingerprint density at radius 1 is 1.05 bits per heavy atom. The van der Waals surface area contributed by atoms with Crippen LogP contribution in [0.1, 0.15) is 69.8 Å². The second-order valence-corrected chi connectivity index (χ2v) is 4.66. The lowest BCUT2D eigenvalue weighted by atomic mass is 10.1. The summed E-state index contributed by atoms with van der Waals surface area (Å²) in [6, 6.07) is 7.04. The Hall–Kier alpha value is -1.22. The van der Waals surface area contributed by atoms with Gasteiger partial charge in [-0.1, -0.05) is 58.4 Å². The lowest BCUT2D eigenvalue weighted by molar-refractivity contribution is 0.101. The third-order valence-corrected chi connectivity index (χ3v) is 2.73. The highest BCUT2D eigenvalue weighted by Crippen LogP contribution is 2.05. The number of halogens is 1.